The number of nitrogens with two attached hydrogens (primary N) is 1. The lowest BCUT2D eigenvalue weighted by Gasteiger charge is -2.31. The topological polar surface area (TPSA) is 115 Å². The minimum absolute atomic E-state index is 0.0825. The average molecular weight is 461 g/mol. The lowest BCUT2D eigenvalue weighted by molar-refractivity contribution is -0.130. The average Bonchev–Trinajstić information content (AvgIpc) is 3.49. The highest BCUT2D eigenvalue weighted by Crippen LogP contribution is 2.37. The van der Waals surface area contributed by atoms with Gasteiger partial charge in [-0.1, -0.05) is 13.3 Å². The molecule has 1 atom stereocenters. The summed E-state index contributed by atoms with van der Waals surface area (Å²) in [6.07, 6.45) is 10.9. The van der Waals surface area contributed by atoms with Gasteiger partial charge in [0.05, 0.1) is 17.9 Å². The van der Waals surface area contributed by atoms with Crippen LogP contribution in [-0.4, -0.2) is 55.2 Å². The Labute approximate surface area is 199 Å². The number of aryl methyl sites for hydroxylation is 1. The Morgan fingerprint density at radius 2 is 2.00 bits per heavy atom. The van der Waals surface area contributed by atoms with Crippen LogP contribution in [0.15, 0.2) is 30.7 Å². The minimum Gasteiger partial charge on any atom is -0.369 e. The summed E-state index contributed by atoms with van der Waals surface area (Å²) in [6, 6.07) is 4.59. The van der Waals surface area contributed by atoms with Gasteiger partial charge >= 0.3 is 0 Å². The van der Waals surface area contributed by atoms with Crippen molar-refractivity contribution in [1.29, 1.82) is 0 Å². The molecule has 1 saturated heterocycles. The highest BCUT2D eigenvalue weighted by atomic mass is 16.2. The van der Waals surface area contributed by atoms with E-state index in [-0.39, 0.29) is 11.8 Å². The normalized spacial score (nSPS) is 18.1. The van der Waals surface area contributed by atoms with Crippen molar-refractivity contribution in [2.45, 2.75) is 57.9 Å². The lowest BCUT2D eigenvalue weighted by Crippen LogP contribution is -2.37. The van der Waals surface area contributed by atoms with E-state index in [1.807, 2.05) is 22.0 Å². The maximum absolute atomic E-state index is 11.6. The summed E-state index contributed by atoms with van der Waals surface area (Å²) in [5.74, 6) is 1.46. The van der Waals surface area contributed by atoms with Crippen LogP contribution in [-0.2, 0) is 11.2 Å². The molecular weight excluding hydrogens is 428 g/mol. The van der Waals surface area contributed by atoms with E-state index in [1.54, 1.807) is 6.92 Å². The van der Waals surface area contributed by atoms with Crippen LogP contribution >= 0.6 is 0 Å². The third-order valence-corrected chi connectivity index (χ3v) is 6.94. The Bertz CT molecular complexity index is 1180. The molecule has 0 aromatic carbocycles. The Morgan fingerprint density at radius 3 is 2.76 bits per heavy atom. The van der Waals surface area contributed by atoms with E-state index in [0.717, 1.165) is 85.6 Å². The molecule has 2 aliphatic heterocycles. The van der Waals surface area contributed by atoms with Gasteiger partial charge in [0, 0.05) is 67.3 Å². The quantitative estimate of drug-likeness (QED) is 0.579. The number of anilines is 2. The van der Waals surface area contributed by atoms with Crippen molar-refractivity contribution >= 4 is 17.7 Å². The van der Waals surface area contributed by atoms with Crippen LogP contribution in [0.1, 0.15) is 68.4 Å². The van der Waals surface area contributed by atoms with Crippen LogP contribution in [0.25, 0.3) is 11.1 Å². The predicted molar refractivity (Wildman–Crippen MR) is 131 cm³/mol. The fourth-order valence-corrected chi connectivity index (χ4v) is 4.96. The van der Waals surface area contributed by atoms with E-state index in [2.05, 4.69) is 50.6 Å². The Balaban J connectivity index is 1.37. The van der Waals surface area contributed by atoms with Crippen molar-refractivity contribution in [2.24, 2.45) is 0 Å². The van der Waals surface area contributed by atoms with E-state index in [4.69, 9.17) is 5.73 Å². The zero-order chi connectivity index (χ0) is 23.7. The van der Waals surface area contributed by atoms with E-state index in [9.17, 15) is 4.79 Å². The number of hydrogen-bond donors (Lipinski definition) is 2. The van der Waals surface area contributed by atoms with Crippen molar-refractivity contribution in [3.8, 4) is 11.1 Å². The number of nitrogens with zero attached hydrogens (tertiary/aromatic N) is 6. The highest BCUT2D eigenvalue weighted by Gasteiger charge is 2.28. The van der Waals surface area contributed by atoms with E-state index in [0.29, 0.717) is 12.0 Å². The first-order valence-corrected chi connectivity index (χ1v) is 12.2. The molecule has 2 aliphatic rings. The van der Waals surface area contributed by atoms with Crippen molar-refractivity contribution in [3.63, 3.8) is 0 Å². The summed E-state index contributed by atoms with van der Waals surface area (Å²) in [4.78, 5) is 27.2. The zero-order valence-electron chi connectivity index (χ0n) is 19.9. The summed E-state index contributed by atoms with van der Waals surface area (Å²) < 4.78 is 2.04. The molecule has 3 aromatic heterocycles. The molecule has 1 fully saturated rings. The number of nitrogen functional groups attached to an aromatic ring is 1. The first-order chi connectivity index (χ1) is 16.5. The Hall–Kier alpha value is -3.49. The summed E-state index contributed by atoms with van der Waals surface area (Å²) in [5, 5.41) is 8.06. The van der Waals surface area contributed by atoms with Crippen LogP contribution in [0.2, 0.25) is 0 Å². The van der Waals surface area contributed by atoms with Crippen molar-refractivity contribution in [3.05, 3.63) is 47.7 Å². The number of aromatic nitrogens is 5. The molecule has 1 amide bonds. The second kappa shape index (κ2) is 9.40. The smallest absolute Gasteiger partial charge is 0.220 e. The molecule has 1 unspecified atom stereocenters. The molecule has 0 saturated carbocycles. The molecule has 0 bridgehead atoms. The summed E-state index contributed by atoms with van der Waals surface area (Å²) in [5.41, 5.74) is 11.2. The number of carbonyl (C=O) groups is 1. The number of unbranched alkanes of at least 4 members (excludes halogenated alkanes) is 1. The van der Waals surface area contributed by atoms with Crippen LogP contribution < -0.4 is 11.1 Å². The first kappa shape index (κ1) is 22.3. The molecule has 9 nitrogen and oxygen atoms in total. The Morgan fingerprint density at radius 1 is 1.18 bits per heavy atom. The fourth-order valence-electron chi connectivity index (χ4n) is 4.96. The first-order valence-electron chi connectivity index (χ1n) is 12.2. The number of carbonyl (C=O) groups excluding carboxylic acids is 1. The maximum Gasteiger partial charge on any atom is 0.220 e. The molecular formula is C25H32N8O. The Kier molecular flexibility index (Phi) is 6.17. The molecule has 0 radical (unpaired) electrons. The number of fused-ring (bicyclic) bond motifs is 1. The van der Waals surface area contributed by atoms with Crippen LogP contribution in [0.3, 0.4) is 0 Å². The van der Waals surface area contributed by atoms with Gasteiger partial charge in [-0.05, 0) is 37.8 Å². The van der Waals surface area contributed by atoms with E-state index >= 15 is 0 Å². The monoisotopic (exact) mass is 460 g/mol. The molecule has 178 valence electrons. The van der Waals surface area contributed by atoms with Gasteiger partial charge < -0.3 is 16.0 Å². The van der Waals surface area contributed by atoms with Gasteiger partial charge in [-0.3, -0.25) is 9.48 Å². The second-order valence-corrected chi connectivity index (χ2v) is 9.29. The van der Waals surface area contributed by atoms with Crippen molar-refractivity contribution < 1.29 is 4.79 Å². The predicted octanol–water partition coefficient (Wildman–Crippen LogP) is 3.40. The number of hydrogen-bond acceptors (Lipinski definition) is 7. The van der Waals surface area contributed by atoms with Crippen LogP contribution in [0.4, 0.5) is 11.8 Å². The summed E-state index contributed by atoms with van der Waals surface area (Å²) in [6.45, 7) is 6.12. The number of rotatable bonds is 6. The SMILES string of the molecule is CCCCc1cc(C2CNc3ncc(-c4cnn(C5CCN(C(C)=O)CC5)c4)cc32)nc(N)n1. The summed E-state index contributed by atoms with van der Waals surface area (Å²) >= 11 is 0. The fraction of sp³-hybridized carbons (Fsp3) is 0.480. The highest BCUT2D eigenvalue weighted by molar-refractivity contribution is 5.73. The van der Waals surface area contributed by atoms with Gasteiger partial charge in [-0.15, -0.1) is 0 Å². The number of amides is 1. The van der Waals surface area contributed by atoms with E-state index in [1.165, 1.54) is 0 Å². The molecule has 3 aromatic rings. The van der Waals surface area contributed by atoms with Gasteiger partial charge in [0.25, 0.3) is 0 Å². The largest absolute Gasteiger partial charge is 0.369 e. The van der Waals surface area contributed by atoms with Crippen molar-refractivity contribution in [1.82, 2.24) is 29.6 Å². The second-order valence-electron chi connectivity index (χ2n) is 9.29. The van der Waals surface area contributed by atoms with Gasteiger partial charge in [0.15, 0.2) is 0 Å². The van der Waals surface area contributed by atoms with Gasteiger partial charge in [-0.2, -0.15) is 5.10 Å². The minimum atomic E-state index is 0.0825. The maximum atomic E-state index is 11.6. The van der Waals surface area contributed by atoms with Crippen molar-refractivity contribution in [2.75, 3.05) is 30.7 Å². The lowest BCUT2D eigenvalue weighted by atomic mass is 9.96. The summed E-state index contributed by atoms with van der Waals surface area (Å²) in [7, 11) is 0. The molecule has 34 heavy (non-hydrogen) atoms. The molecule has 0 aliphatic carbocycles. The standard InChI is InChI=1S/C25H32N8O/c1-3-4-5-19-11-23(31-25(26)30-19)22-14-28-24-21(22)10-17(12-27-24)18-13-29-33(15-18)20-6-8-32(9-7-20)16(2)34/h10-13,15,20,22H,3-9,14H2,1-2H3,(H,27,28)(H2,26,30,31). The number of piperidine rings is 1. The van der Waals surface area contributed by atoms with Gasteiger partial charge in [0.2, 0.25) is 11.9 Å². The molecule has 3 N–H and O–H groups in total. The molecule has 5 rings (SSSR count). The van der Waals surface area contributed by atoms with Crippen LogP contribution in [0.5, 0.6) is 0 Å². The third kappa shape index (κ3) is 4.47. The molecule has 9 heteroatoms. The van der Waals surface area contributed by atoms with Gasteiger partial charge in [-0.25, -0.2) is 15.0 Å². The van der Waals surface area contributed by atoms with E-state index < -0.39 is 0 Å². The number of likely N-dealkylation sites (tertiary alicyclic amines) is 1. The molecule has 0 spiro atoms. The number of pyridine rings is 1. The van der Waals surface area contributed by atoms with Crippen LogP contribution in [0, 0.1) is 0 Å². The molecule has 5 heterocycles. The van der Waals surface area contributed by atoms with Gasteiger partial charge in [0.1, 0.15) is 5.82 Å². The number of nitrogens with one attached hydrogen (secondary N) is 1. The third-order valence-electron chi connectivity index (χ3n) is 6.94. The zero-order valence-corrected chi connectivity index (χ0v) is 19.9.